The minimum absolute atomic E-state index is 0.0562. The fraction of sp³-hybridized carbons (Fsp3) is 0.667. The van der Waals surface area contributed by atoms with Gasteiger partial charge in [-0.2, -0.15) is 0 Å². The lowest BCUT2D eigenvalue weighted by molar-refractivity contribution is -0.534. The Morgan fingerprint density at radius 1 is 1.75 bits per heavy atom. The van der Waals surface area contributed by atoms with Crippen LogP contribution < -0.4 is 0 Å². The maximum absolute atomic E-state index is 10.9. The van der Waals surface area contributed by atoms with E-state index >= 15 is 0 Å². The molecule has 0 spiro atoms. The van der Waals surface area contributed by atoms with Gasteiger partial charge < -0.3 is 4.74 Å². The van der Waals surface area contributed by atoms with Crippen LogP contribution in [-0.4, -0.2) is 28.8 Å². The lowest BCUT2D eigenvalue weighted by Gasteiger charge is -2.10. The van der Waals surface area contributed by atoms with Gasteiger partial charge in [-0.15, -0.1) is 0 Å². The van der Waals surface area contributed by atoms with Crippen LogP contribution in [0, 0.1) is 10.1 Å². The number of cyclic esters (lactones) is 1. The Bertz CT molecular complexity index is 245. The first-order valence-corrected chi connectivity index (χ1v) is 3.34. The minimum atomic E-state index is -2.12. The summed E-state index contributed by atoms with van der Waals surface area (Å²) in [6, 6.07) is 0. The van der Waals surface area contributed by atoms with Gasteiger partial charge in [-0.25, -0.2) is 4.79 Å². The van der Waals surface area contributed by atoms with Crippen LogP contribution in [0.15, 0.2) is 0 Å². The molecule has 0 aromatic heterocycles. The second-order valence-electron chi connectivity index (χ2n) is 2.56. The minimum Gasteiger partial charge on any atom is -0.460 e. The average molecular weight is 173 g/mol. The van der Waals surface area contributed by atoms with Crippen molar-refractivity contribution in [1.29, 1.82) is 0 Å². The van der Waals surface area contributed by atoms with Gasteiger partial charge in [-0.3, -0.25) is 14.9 Å². The summed E-state index contributed by atoms with van der Waals surface area (Å²) < 4.78 is 4.39. The van der Waals surface area contributed by atoms with Crippen molar-refractivity contribution in [3.8, 4) is 0 Å². The summed E-state index contributed by atoms with van der Waals surface area (Å²) in [6.07, 6.45) is -0.159. The van der Waals surface area contributed by atoms with E-state index in [1.165, 1.54) is 0 Å². The van der Waals surface area contributed by atoms with Crippen molar-refractivity contribution < 1.29 is 19.2 Å². The van der Waals surface area contributed by atoms with E-state index in [1.54, 1.807) is 0 Å². The first-order valence-electron chi connectivity index (χ1n) is 3.34. The SMILES string of the molecule is CC(=O)C1([N+](=O)[O-])CCOC1=O. The number of rotatable bonds is 2. The zero-order valence-corrected chi connectivity index (χ0v) is 6.40. The number of nitro groups is 1. The van der Waals surface area contributed by atoms with E-state index in [4.69, 9.17) is 0 Å². The molecule has 1 saturated heterocycles. The summed E-state index contributed by atoms with van der Waals surface area (Å²) in [6.45, 7) is 0.967. The highest BCUT2D eigenvalue weighted by Crippen LogP contribution is 2.24. The first-order chi connectivity index (χ1) is 5.51. The van der Waals surface area contributed by atoms with E-state index in [0.29, 0.717) is 0 Å². The van der Waals surface area contributed by atoms with Crippen LogP contribution in [0.5, 0.6) is 0 Å². The Kier molecular flexibility index (Phi) is 1.83. The van der Waals surface area contributed by atoms with Gasteiger partial charge in [0, 0.05) is 11.8 Å². The Hall–Kier alpha value is -1.46. The summed E-state index contributed by atoms with van der Waals surface area (Å²) >= 11 is 0. The molecule has 66 valence electrons. The van der Waals surface area contributed by atoms with Crippen molar-refractivity contribution in [1.82, 2.24) is 0 Å². The highest BCUT2D eigenvalue weighted by Gasteiger charge is 2.60. The van der Waals surface area contributed by atoms with Gasteiger partial charge in [0.25, 0.3) is 0 Å². The quantitative estimate of drug-likeness (QED) is 0.244. The van der Waals surface area contributed by atoms with Gasteiger partial charge in [-0.05, 0) is 0 Å². The topological polar surface area (TPSA) is 86.5 Å². The number of ketones is 1. The molecule has 1 heterocycles. The molecular weight excluding hydrogens is 166 g/mol. The van der Waals surface area contributed by atoms with Crippen molar-refractivity contribution in [2.24, 2.45) is 0 Å². The summed E-state index contributed by atoms with van der Waals surface area (Å²) in [7, 11) is 0. The normalized spacial score (nSPS) is 28.2. The van der Waals surface area contributed by atoms with Crippen LogP contribution in [0.25, 0.3) is 0 Å². The molecule has 1 aliphatic rings. The zero-order chi connectivity index (χ0) is 9.35. The molecule has 0 radical (unpaired) electrons. The third-order valence-electron chi connectivity index (χ3n) is 1.93. The van der Waals surface area contributed by atoms with Gasteiger partial charge in [0.15, 0.2) is 0 Å². The number of Topliss-reactive ketones (excluding diaryl/α,β-unsaturated/α-hetero) is 1. The predicted octanol–water partition coefficient (Wildman–Crippen LogP) is -0.462. The number of hydrogen-bond acceptors (Lipinski definition) is 5. The number of carbonyl (C=O) groups excluding carboxylic acids is 2. The maximum atomic E-state index is 10.9. The van der Waals surface area contributed by atoms with Crippen molar-refractivity contribution in [2.45, 2.75) is 18.9 Å². The molecule has 6 nitrogen and oxygen atoms in total. The zero-order valence-electron chi connectivity index (χ0n) is 6.40. The fourth-order valence-corrected chi connectivity index (χ4v) is 1.13. The summed E-state index contributed by atoms with van der Waals surface area (Å²) in [5.74, 6) is -1.81. The second-order valence-corrected chi connectivity index (χ2v) is 2.56. The van der Waals surface area contributed by atoms with E-state index in [0.717, 1.165) is 6.92 Å². The van der Waals surface area contributed by atoms with E-state index in [2.05, 4.69) is 4.74 Å². The van der Waals surface area contributed by atoms with Crippen LogP contribution >= 0.6 is 0 Å². The summed E-state index contributed by atoms with van der Waals surface area (Å²) in [4.78, 5) is 31.4. The van der Waals surface area contributed by atoms with Crippen LogP contribution in [0.2, 0.25) is 0 Å². The van der Waals surface area contributed by atoms with Crippen LogP contribution in [0.3, 0.4) is 0 Å². The van der Waals surface area contributed by atoms with Gasteiger partial charge in [0.05, 0.1) is 13.0 Å². The molecular formula is C6H7NO5. The number of hydrogen-bond donors (Lipinski definition) is 0. The van der Waals surface area contributed by atoms with Crippen molar-refractivity contribution in [2.75, 3.05) is 6.61 Å². The third-order valence-corrected chi connectivity index (χ3v) is 1.93. The molecule has 0 saturated carbocycles. The van der Waals surface area contributed by atoms with Gasteiger partial charge in [0.1, 0.15) is 0 Å². The van der Waals surface area contributed by atoms with E-state index < -0.39 is 22.2 Å². The van der Waals surface area contributed by atoms with E-state index in [-0.39, 0.29) is 13.0 Å². The first kappa shape index (κ1) is 8.63. The van der Waals surface area contributed by atoms with Crippen molar-refractivity contribution in [3.05, 3.63) is 10.1 Å². The van der Waals surface area contributed by atoms with Crippen LogP contribution in [0.1, 0.15) is 13.3 Å². The number of ether oxygens (including phenoxy) is 1. The maximum Gasteiger partial charge on any atom is 0.393 e. The molecule has 0 aromatic carbocycles. The smallest absolute Gasteiger partial charge is 0.393 e. The third kappa shape index (κ3) is 0.876. The molecule has 0 N–H and O–H groups in total. The summed E-state index contributed by atoms with van der Waals surface area (Å²) in [5.41, 5.74) is -2.12. The number of carbonyl (C=O) groups is 2. The molecule has 0 amide bonds. The number of esters is 1. The molecule has 12 heavy (non-hydrogen) atoms. The molecule has 0 bridgehead atoms. The molecule has 0 aromatic rings. The van der Waals surface area contributed by atoms with E-state index in [1.807, 2.05) is 0 Å². The fourth-order valence-electron chi connectivity index (χ4n) is 1.13. The van der Waals surface area contributed by atoms with Gasteiger partial charge >= 0.3 is 11.5 Å². The lowest BCUT2D eigenvalue weighted by atomic mass is 9.94. The molecule has 1 fully saturated rings. The molecule has 1 unspecified atom stereocenters. The van der Waals surface area contributed by atoms with E-state index in [9.17, 15) is 19.7 Å². The second kappa shape index (κ2) is 2.54. The van der Waals surface area contributed by atoms with Gasteiger partial charge in [0.2, 0.25) is 5.78 Å². The Balaban J connectivity index is 3.10. The van der Waals surface area contributed by atoms with Crippen LogP contribution in [0.4, 0.5) is 0 Å². The van der Waals surface area contributed by atoms with Crippen molar-refractivity contribution in [3.63, 3.8) is 0 Å². The number of nitrogens with zero attached hydrogens (tertiary/aromatic N) is 1. The Morgan fingerprint density at radius 2 is 2.33 bits per heavy atom. The largest absolute Gasteiger partial charge is 0.460 e. The standard InChI is InChI=1S/C6H7NO5/c1-4(8)6(7(10)11)2-3-12-5(6)9/h2-3H2,1H3. The van der Waals surface area contributed by atoms with Crippen molar-refractivity contribution >= 4 is 11.8 Å². The molecule has 1 rings (SSSR count). The molecule has 0 aliphatic carbocycles. The van der Waals surface area contributed by atoms with Gasteiger partial charge in [-0.1, -0.05) is 0 Å². The Morgan fingerprint density at radius 3 is 2.50 bits per heavy atom. The molecule has 1 atom stereocenters. The highest BCUT2D eigenvalue weighted by atomic mass is 16.6. The monoisotopic (exact) mass is 173 g/mol. The highest BCUT2D eigenvalue weighted by molar-refractivity contribution is 6.06. The molecule has 1 aliphatic heterocycles. The predicted molar refractivity (Wildman–Crippen MR) is 36.0 cm³/mol. The lowest BCUT2D eigenvalue weighted by Crippen LogP contribution is -2.49. The van der Waals surface area contributed by atoms with Crippen LogP contribution in [-0.2, 0) is 14.3 Å². The Labute approximate surface area is 67.6 Å². The molecule has 6 heteroatoms. The summed E-state index contributed by atoms with van der Waals surface area (Å²) in [5, 5.41) is 10.5. The average Bonchev–Trinajstić information content (AvgIpc) is 2.31.